The largest absolute Gasteiger partial charge is 0.309 e. The Kier molecular flexibility index (Phi) is 5.47. The highest BCUT2D eigenvalue weighted by Crippen LogP contribution is 2.48. The van der Waals surface area contributed by atoms with E-state index in [0.29, 0.717) is 0 Å². The first-order valence-electron chi connectivity index (χ1n) is 17.8. The van der Waals surface area contributed by atoms with E-state index in [1.165, 1.54) is 54.1 Å². The highest BCUT2D eigenvalue weighted by molar-refractivity contribution is 6.39. The molecule has 0 aliphatic rings. The molecule has 4 nitrogen and oxygen atoms in total. The smallest absolute Gasteiger partial charge is 0.165 e. The summed E-state index contributed by atoms with van der Waals surface area (Å²) in [5.74, 6) is 0.825. The predicted molar refractivity (Wildman–Crippen MR) is 217 cm³/mol. The molecule has 0 bridgehead atoms. The number of rotatable bonds is 3. The van der Waals surface area contributed by atoms with Gasteiger partial charge in [-0.1, -0.05) is 127 Å². The molecular formula is C48H28N4. The van der Waals surface area contributed by atoms with E-state index in [0.717, 1.165) is 55.6 Å². The summed E-state index contributed by atoms with van der Waals surface area (Å²) in [6.07, 6.45) is 0. The standard InChI is InChI=1S/C48H28N4/c1-3-14-30(15-4-1)46-48(50-47-32-18-8-7-13-29(32)25-26-37(47)49-46)52-39-24-12-22-36-34-20-10-9-19-33(34)35-21-11-23-38-42(35)44-40(27-28-41(52)45(44)43(36)39)51(38)31-16-5-2-6-17-31/h1-28H. The zero-order valence-electron chi connectivity index (χ0n) is 28.0. The average Bonchev–Trinajstić information content (AvgIpc) is 3.73. The van der Waals surface area contributed by atoms with E-state index < -0.39 is 0 Å². The van der Waals surface area contributed by atoms with Crippen molar-refractivity contribution < 1.29 is 0 Å². The molecule has 0 saturated heterocycles. The van der Waals surface area contributed by atoms with Crippen molar-refractivity contribution in [2.75, 3.05) is 0 Å². The lowest BCUT2D eigenvalue weighted by atomic mass is 9.95. The summed E-state index contributed by atoms with van der Waals surface area (Å²) in [4.78, 5) is 11.0. The maximum atomic E-state index is 5.63. The van der Waals surface area contributed by atoms with Crippen molar-refractivity contribution in [3.63, 3.8) is 0 Å². The molecular weight excluding hydrogens is 633 g/mol. The Morgan fingerprint density at radius 3 is 1.58 bits per heavy atom. The van der Waals surface area contributed by atoms with Gasteiger partial charge in [-0.25, -0.2) is 9.97 Å². The summed E-state index contributed by atoms with van der Waals surface area (Å²) >= 11 is 0. The molecule has 12 aromatic rings. The van der Waals surface area contributed by atoms with Crippen molar-refractivity contribution in [1.82, 2.24) is 19.1 Å². The lowest BCUT2D eigenvalue weighted by Gasteiger charge is -2.15. The van der Waals surface area contributed by atoms with E-state index in [1.807, 2.05) is 0 Å². The van der Waals surface area contributed by atoms with E-state index in [1.54, 1.807) is 0 Å². The summed E-state index contributed by atoms with van der Waals surface area (Å²) in [7, 11) is 0. The van der Waals surface area contributed by atoms with Crippen molar-refractivity contribution in [2.24, 2.45) is 0 Å². The van der Waals surface area contributed by atoms with Gasteiger partial charge in [-0.3, -0.25) is 4.57 Å². The molecule has 0 fully saturated rings. The summed E-state index contributed by atoms with van der Waals surface area (Å²) in [6.45, 7) is 0. The lowest BCUT2D eigenvalue weighted by Crippen LogP contribution is -2.04. The fourth-order valence-electron chi connectivity index (χ4n) is 8.91. The molecule has 0 aliphatic carbocycles. The Morgan fingerprint density at radius 1 is 0.346 bits per heavy atom. The van der Waals surface area contributed by atoms with Crippen LogP contribution in [0.2, 0.25) is 0 Å². The van der Waals surface area contributed by atoms with Gasteiger partial charge in [-0.2, -0.15) is 0 Å². The average molecular weight is 661 g/mol. The van der Waals surface area contributed by atoms with Gasteiger partial charge in [-0.15, -0.1) is 0 Å². The van der Waals surface area contributed by atoms with Gasteiger partial charge in [-0.05, 0) is 69.4 Å². The van der Waals surface area contributed by atoms with Gasteiger partial charge in [0.25, 0.3) is 0 Å². The molecule has 0 saturated carbocycles. The normalized spacial score (nSPS) is 12.2. The maximum absolute atomic E-state index is 5.63. The summed E-state index contributed by atoms with van der Waals surface area (Å²) in [6, 6.07) is 61.0. The van der Waals surface area contributed by atoms with E-state index in [-0.39, 0.29) is 0 Å². The van der Waals surface area contributed by atoms with E-state index in [9.17, 15) is 0 Å². The minimum absolute atomic E-state index is 0.825. The number of benzene rings is 8. The minimum Gasteiger partial charge on any atom is -0.309 e. The molecule has 9 aromatic carbocycles. The van der Waals surface area contributed by atoms with Crippen LogP contribution in [-0.4, -0.2) is 19.1 Å². The summed E-state index contributed by atoms with van der Waals surface area (Å²) in [5.41, 5.74) is 9.43. The molecule has 0 aliphatic heterocycles. The van der Waals surface area contributed by atoms with Gasteiger partial charge in [0.05, 0.1) is 33.1 Å². The third kappa shape index (κ3) is 3.60. The van der Waals surface area contributed by atoms with Crippen molar-refractivity contribution in [2.45, 2.75) is 0 Å². The Balaban J connectivity index is 1.36. The quantitative estimate of drug-likeness (QED) is 0.177. The number of hydrogen-bond donors (Lipinski definition) is 0. The third-order valence-electron chi connectivity index (χ3n) is 11.0. The van der Waals surface area contributed by atoms with Crippen molar-refractivity contribution in [3.8, 4) is 22.8 Å². The molecule has 3 heterocycles. The molecule has 0 spiro atoms. The minimum atomic E-state index is 0.825. The van der Waals surface area contributed by atoms with Gasteiger partial charge in [0.15, 0.2) is 5.82 Å². The van der Waals surface area contributed by atoms with Crippen molar-refractivity contribution >= 4 is 87.0 Å². The van der Waals surface area contributed by atoms with Crippen LogP contribution in [0.25, 0.3) is 110 Å². The van der Waals surface area contributed by atoms with Crippen LogP contribution in [0.1, 0.15) is 0 Å². The molecule has 0 amide bonds. The van der Waals surface area contributed by atoms with Gasteiger partial charge < -0.3 is 4.57 Å². The summed E-state index contributed by atoms with van der Waals surface area (Å²) in [5, 5.41) is 12.2. The maximum Gasteiger partial charge on any atom is 0.165 e. The SMILES string of the molecule is c1ccc(-c2nc3ccc4ccccc4c3nc2-n2c3cccc4c5ccccc5c5cccc6c5c5c(c43)c2ccc5n6-c2ccccc2)cc1. The number of para-hydroxylation sites is 1. The van der Waals surface area contributed by atoms with Crippen LogP contribution in [0.5, 0.6) is 0 Å². The first kappa shape index (κ1) is 27.7. The molecule has 4 heteroatoms. The van der Waals surface area contributed by atoms with Crippen LogP contribution < -0.4 is 0 Å². The van der Waals surface area contributed by atoms with Crippen LogP contribution in [-0.2, 0) is 0 Å². The van der Waals surface area contributed by atoms with Crippen molar-refractivity contribution in [3.05, 3.63) is 170 Å². The molecule has 3 aromatic heterocycles. The fourth-order valence-corrected chi connectivity index (χ4v) is 8.91. The van der Waals surface area contributed by atoms with E-state index in [2.05, 4.69) is 179 Å². The van der Waals surface area contributed by atoms with Crippen LogP contribution >= 0.6 is 0 Å². The first-order chi connectivity index (χ1) is 25.8. The Labute approximate surface area is 297 Å². The first-order valence-corrected chi connectivity index (χ1v) is 17.8. The van der Waals surface area contributed by atoms with Gasteiger partial charge in [0.1, 0.15) is 5.69 Å². The molecule has 0 N–H and O–H groups in total. The van der Waals surface area contributed by atoms with Gasteiger partial charge >= 0.3 is 0 Å². The Morgan fingerprint density at radius 2 is 0.885 bits per heavy atom. The molecule has 240 valence electrons. The topological polar surface area (TPSA) is 35.6 Å². The van der Waals surface area contributed by atoms with Gasteiger partial charge in [0, 0.05) is 38.2 Å². The summed E-state index contributed by atoms with van der Waals surface area (Å²) < 4.78 is 4.82. The van der Waals surface area contributed by atoms with E-state index >= 15 is 0 Å². The predicted octanol–water partition coefficient (Wildman–Crippen LogP) is 12.4. The number of fused-ring (bicyclic) bond motifs is 6. The van der Waals surface area contributed by atoms with Crippen LogP contribution in [0.3, 0.4) is 0 Å². The molecule has 12 rings (SSSR count). The number of hydrogen-bond acceptors (Lipinski definition) is 2. The van der Waals surface area contributed by atoms with Gasteiger partial charge in [0.2, 0.25) is 0 Å². The zero-order valence-corrected chi connectivity index (χ0v) is 28.0. The Hall–Kier alpha value is -7.04. The highest BCUT2D eigenvalue weighted by atomic mass is 15.1. The molecule has 52 heavy (non-hydrogen) atoms. The van der Waals surface area contributed by atoms with Crippen LogP contribution in [0.4, 0.5) is 0 Å². The molecule has 0 unspecified atom stereocenters. The lowest BCUT2D eigenvalue weighted by molar-refractivity contribution is 1.08. The monoisotopic (exact) mass is 660 g/mol. The zero-order chi connectivity index (χ0) is 33.9. The molecule has 0 atom stereocenters. The second-order valence-electron chi connectivity index (χ2n) is 13.7. The molecule has 0 radical (unpaired) electrons. The highest BCUT2D eigenvalue weighted by Gasteiger charge is 2.26. The van der Waals surface area contributed by atoms with Crippen LogP contribution in [0, 0.1) is 0 Å². The third-order valence-corrected chi connectivity index (χ3v) is 11.0. The second-order valence-corrected chi connectivity index (χ2v) is 13.7. The fraction of sp³-hybridized carbons (Fsp3) is 0. The van der Waals surface area contributed by atoms with Crippen molar-refractivity contribution in [1.29, 1.82) is 0 Å². The van der Waals surface area contributed by atoms with Crippen LogP contribution in [0.15, 0.2) is 170 Å². The number of aromatic nitrogens is 4. The Bertz CT molecular complexity index is 3390. The number of nitrogens with zero attached hydrogens (tertiary/aromatic N) is 4. The second kappa shape index (κ2) is 10.3. The van der Waals surface area contributed by atoms with E-state index in [4.69, 9.17) is 9.97 Å².